The van der Waals surface area contributed by atoms with Crippen LogP contribution in [0.5, 0.6) is 0 Å². The molecule has 0 aromatic heterocycles. The Kier molecular flexibility index (Phi) is 4.94. The molecule has 2 rings (SSSR count). The van der Waals surface area contributed by atoms with Gasteiger partial charge < -0.3 is 5.32 Å². The zero-order valence-electron chi connectivity index (χ0n) is 10.7. The molecule has 2 aromatic rings. The number of amides is 1. The molecule has 2 nitrogen and oxygen atoms in total. The van der Waals surface area contributed by atoms with Crippen molar-refractivity contribution in [2.24, 2.45) is 0 Å². The van der Waals surface area contributed by atoms with Gasteiger partial charge in [0.05, 0.1) is 11.6 Å². The summed E-state index contributed by atoms with van der Waals surface area (Å²) < 4.78 is 15.3. The smallest absolute Gasteiger partial charge is 0.254 e. The predicted molar refractivity (Wildman–Crippen MR) is 84.1 cm³/mol. The van der Waals surface area contributed by atoms with E-state index in [4.69, 9.17) is 0 Å². The third kappa shape index (κ3) is 3.67. The van der Waals surface area contributed by atoms with E-state index in [0.717, 1.165) is 10.0 Å². The Balaban J connectivity index is 2.15. The number of benzene rings is 2. The molecule has 2 aromatic carbocycles. The molecule has 0 radical (unpaired) electrons. The Bertz CT molecular complexity index is 628. The van der Waals surface area contributed by atoms with Crippen LogP contribution in [0.25, 0.3) is 0 Å². The topological polar surface area (TPSA) is 29.1 Å². The SMILES string of the molecule is C[C@@H](NC(=O)c1cc(Br)ccc1F)c1ccc(Br)cc1. The number of rotatable bonds is 3. The molecule has 0 saturated carbocycles. The van der Waals surface area contributed by atoms with E-state index in [2.05, 4.69) is 37.2 Å². The van der Waals surface area contributed by atoms with Crippen LogP contribution in [0.4, 0.5) is 4.39 Å². The van der Waals surface area contributed by atoms with Crippen molar-refractivity contribution in [2.75, 3.05) is 0 Å². The van der Waals surface area contributed by atoms with Gasteiger partial charge in [0.2, 0.25) is 0 Å². The summed E-state index contributed by atoms with van der Waals surface area (Å²) in [6.45, 7) is 1.86. The molecular weight excluding hydrogens is 389 g/mol. The zero-order chi connectivity index (χ0) is 14.7. The Hall–Kier alpha value is -1.20. The van der Waals surface area contributed by atoms with Gasteiger partial charge >= 0.3 is 0 Å². The zero-order valence-corrected chi connectivity index (χ0v) is 13.8. The van der Waals surface area contributed by atoms with Crippen LogP contribution in [-0.4, -0.2) is 5.91 Å². The van der Waals surface area contributed by atoms with Gasteiger partial charge in [-0.3, -0.25) is 4.79 Å². The molecule has 0 spiro atoms. The van der Waals surface area contributed by atoms with Gasteiger partial charge in [-0.25, -0.2) is 4.39 Å². The van der Waals surface area contributed by atoms with Crippen molar-refractivity contribution in [3.05, 3.63) is 68.4 Å². The highest BCUT2D eigenvalue weighted by atomic mass is 79.9. The van der Waals surface area contributed by atoms with Crippen LogP contribution in [0.15, 0.2) is 51.4 Å². The van der Waals surface area contributed by atoms with Crippen LogP contribution in [0.3, 0.4) is 0 Å². The number of carbonyl (C=O) groups excluding carboxylic acids is 1. The van der Waals surface area contributed by atoms with E-state index >= 15 is 0 Å². The molecule has 1 amide bonds. The van der Waals surface area contributed by atoms with Crippen LogP contribution in [0.1, 0.15) is 28.9 Å². The highest BCUT2D eigenvalue weighted by Crippen LogP contribution is 2.19. The molecule has 1 N–H and O–H groups in total. The van der Waals surface area contributed by atoms with E-state index in [1.165, 1.54) is 12.1 Å². The van der Waals surface area contributed by atoms with Crippen molar-refractivity contribution in [1.29, 1.82) is 0 Å². The summed E-state index contributed by atoms with van der Waals surface area (Å²) >= 11 is 6.59. The summed E-state index contributed by atoms with van der Waals surface area (Å²) in [5.74, 6) is -0.965. The maximum absolute atomic E-state index is 13.6. The molecule has 1 atom stereocenters. The molecule has 0 aliphatic heterocycles. The Morgan fingerprint density at radius 1 is 1.10 bits per heavy atom. The molecule has 0 aliphatic carbocycles. The lowest BCUT2D eigenvalue weighted by Crippen LogP contribution is -2.27. The van der Waals surface area contributed by atoms with Crippen molar-refractivity contribution >= 4 is 37.8 Å². The first-order valence-electron chi connectivity index (χ1n) is 5.99. The maximum atomic E-state index is 13.6. The van der Waals surface area contributed by atoms with E-state index in [1.54, 1.807) is 6.07 Å². The summed E-state index contributed by atoms with van der Waals surface area (Å²) in [4.78, 5) is 12.1. The van der Waals surface area contributed by atoms with Crippen LogP contribution < -0.4 is 5.32 Å². The summed E-state index contributed by atoms with van der Waals surface area (Å²) in [6, 6.07) is 11.7. The van der Waals surface area contributed by atoms with Gasteiger partial charge in [0, 0.05) is 8.95 Å². The van der Waals surface area contributed by atoms with Crippen molar-refractivity contribution in [3.8, 4) is 0 Å². The standard InChI is InChI=1S/C15H12Br2FNO/c1-9(10-2-4-11(16)5-3-10)19-15(20)13-8-12(17)6-7-14(13)18/h2-9H,1H3,(H,19,20)/t9-/m1/s1. The lowest BCUT2D eigenvalue weighted by Gasteiger charge is -2.15. The number of hydrogen-bond acceptors (Lipinski definition) is 1. The maximum Gasteiger partial charge on any atom is 0.254 e. The highest BCUT2D eigenvalue weighted by Gasteiger charge is 2.15. The molecule has 0 saturated heterocycles. The molecular formula is C15H12Br2FNO. The second-order valence-electron chi connectivity index (χ2n) is 4.37. The molecule has 0 fully saturated rings. The molecule has 0 aliphatic rings. The normalized spacial score (nSPS) is 12.0. The number of carbonyl (C=O) groups is 1. The Morgan fingerprint density at radius 3 is 2.35 bits per heavy atom. The fraction of sp³-hybridized carbons (Fsp3) is 0.133. The van der Waals surface area contributed by atoms with E-state index < -0.39 is 11.7 Å². The number of nitrogens with one attached hydrogen (secondary N) is 1. The fourth-order valence-corrected chi connectivity index (χ4v) is 2.41. The molecule has 0 heterocycles. The second kappa shape index (κ2) is 6.50. The second-order valence-corrected chi connectivity index (χ2v) is 6.20. The number of halogens is 3. The van der Waals surface area contributed by atoms with Crippen LogP contribution in [-0.2, 0) is 0 Å². The lowest BCUT2D eigenvalue weighted by atomic mass is 10.1. The van der Waals surface area contributed by atoms with Gasteiger partial charge in [-0.2, -0.15) is 0 Å². The predicted octanol–water partition coefficient (Wildman–Crippen LogP) is 4.84. The Labute approximate surface area is 133 Å². The molecule has 20 heavy (non-hydrogen) atoms. The molecule has 104 valence electrons. The summed E-state index contributed by atoms with van der Waals surface area (Å²) in [7, 11) is 0. The first kappa shape index (κ1) is 15.2. The third-order valence-electron chi connectivity index (χ3n) is 2.89. The fourth-order valence-electron chi connectivity index (χ4n) is 1.78. The van der Waals surface area contributed by atoms with Gasteiger partial charge in [0.25, 0.3) is 5.91 Å². The minimum atomic E-state index is -0.534. The summed E-state index contributed by atoms with van der Waals surface area (Å²) in [6.07, 6.45) is 0. The average molecular weight is 401 g/mol. The quantitative estimate of drug-likeness (QED) is 0.784. The third-order valence-corrected chi connectivity index (χ3v) is 3.91. The van der Waals surface area contributed by atoms with Crippen molar-refractivity contribution in [3.63, 3.8) is 0 Å². The minimum Gasteiger partial charge on any atom is -0.345 e. The lowest BCUT2D eigenvalue weighted by molar-refractivity contribution is 0.0935. The Morgan fingerprint density at radius 2 is 1.70 bits per heavy atom. The van der Waals surface area contributed by atoms with Gasteiger partial charge in [-0.05, 0) is 42.8 Å². The highest BCUT2D eigenvalue weighted by molar-refractivity contribution is 9.10. The van der Waals surface area contributed by atoms with Gasteiger partial charge in [-0.1, -0.05) is 44.0 Å². The largest absolute Gasteiger partial charge is 0.345 e. The van der Waals surface area contributed by atoms with Crippen LogP contribution in [0, 0.1) is 5.82 Å². The van der Waals surface area contributed by atoms with Gasteiger partial charge in [0.15, 0.2) is 0 Å². The molecule has 0 unspecified atom stereocenters. The minimum absolute atomic E-state index is 0.0309. The van der Waals surface area contributed by atoms with E-state index in [0.29, 0.717) is 4.47 Å². The van der Waals surface area contributed by atoms with E-state index in [1.807, 2.05) is 31.2 Å². The monoisotopic (exact) mass is 399 g/mol. The van der Waals surface area contributed by atoms with Crippen LogP contribution >= 0.6 is 31.9 Å². The van der Waals surface area contributed by atoms with Gasteiger partial charge in [0.1, 0.15) is 5.82 Å². The van der Waals surface area contributed by atoms with Crippen molar-refractivity contribution < 1.29 is 9.18 Å². The van der Waals surface area contributed by atoms with E-state index in [-0.39, 0.29) is 11.6 Å². The summed E-state index contributed by atoms with van der Waals surface area (Å²) in [5.41, 5.74) is 0.986. The van der Waals surface area contributed by atoms with Gasteiger partial charge in [-0.15, -0.1) is 0 Å². The first-order chi connectivity index (χ1) is 9.47. The molecule has 5 heteroatoms. The summed E-state index contributed by atoms with van der Waals surface area (Å²) in [5, 5.41) is 2.78. The van der Waals surface area contributed by atoms with Crippen molar-refractivity contribution in [2.45, 2.75) is 13.0 Å². The number of hydrogen-bond donors (Lipinski definition) is 1. The average Bonchev–Trinajstić information content (AvgIpc) is 2.42. The van der Waals surface area contributed by atoms with Crippen LogP contribution in [0.2, 0.25) is 0 Å². The van der Waals surface area contributed by atoms with E-state index in [9.17, 15) is 9.18 Å². The first-order valence-corrected chi connectivity index (χ1v) is 7.57. The van der Waals surface area contributed by atoms with Crippen molar-refractivity contribution in [1.82, 2.24) is 5.32 Å². The molecule has 0 bridgehead atoms.